The third-order valence-corrected chi connectivity index (χ3v) is 3.46. The van der Waals surface area contributed by atoms with Gasteiger partial charge in [-0.15, -0.1) is 6.58 Å². The summed E-state index contributed by atoms with van der Waals surface area (Å²) in [6.45, 7) is 6.01. The summed E-state index contributed by atoms with van der Waals surface area (Å²) in [4.78, 5) is 0. The number of rotatable bonds is 4. The number of H-pyrrole nitrogens is 1. The minimum absolute atomic E-state index is 0.110. The molecule has 0 aliphatic heterocycles. The number of nitrogen functional groups attached to an aromatic ring is 1. The Morgan fingerprint density at radius 3 is 2.84 bits per heavy atom. The Hall–Kier alpha value is -1.88. The molecule has 1 aromatic carbocycles. The number of nitrogens with one attached hydrogen (secondary N) is 1. The molecule has 1 atom stereocenters. The predicted octanol–water partition coefficient (Wildman–Crippen LogP) is 3.16. The fourth-order valence-corrected chi connectivity index (χ4v) is 2.29. The van der Waals surface area contributed by atoms with Gasteiger partial charge in [0.2, 0.25) is 0 Å². The number of hydrogen-bond donors (Lipinski definition) is 2. The molecular weight excluding hydrogens is 256 g/mol. The van der Waals surface area contributed by atoms with E-state index in [1.807, 2.05) is 36.7 Å². The molecule has 2 aromatic rings. The molecular formula is C14H18N4S. The molecule has 0 amide bonds. The van der Waals surface area contributed by atoms with Crippen LogP contribution in [0.25, 0.3) is 0 Å². The van der Waals surface area contributed by atoms with E-state index in [4.69, 9.17) is 18.0 Å². The number of anilines is 1. The van der Waals surface area contributed by atoms with Crippen LogP contribution >= 0.6 is 12.2 Å². The van der Waals surface area contributed by atoms with Crippen molar-refractivity contribution in [1.29, 1.82) is 0 Å². The quantitative estimate of drug-likeness (QED) is 0.511. The van der Waals surface area contributed by atoms with E-state index in [0.29, 0.717) is 4.77 Å². The molecule has 0 saturated carbocycles. The van der Waals surface area contributed by atoms with Crippen LogP contribution < -0.4 is 5.73 Å². The zero-order chi connectivity index (χ0) is 14.0. The molecule has 100 valence electrons. The Bertz CT molecular complexity index is 653. The van der Waals surface area contributed by atoms with Gasteiger partial charge in [-0.3, -0.25) is 5.10 Å². The van der Waals surface area contributed by atoms with E-state index in [-0.39, 0.29) is 5.92 Å². The molecule has 1 heterocycles. The second kappa shape index (κ2) is 5.40. The van der Waals surface area contributed by atoms with Crippen molar-refractivity contribution in [2.24, 2.45) is 7.05 Å². The lowest BCUT2D eigenvalue weighted by molar-refractivity contribution is 0.681. The van der Waals surface area contributed by atoms with Gasteiger partial charge in [-0.1, -0.05) is 17.7 Å². The predicted molar refractivity (Wildman–Crippen MR) is 80.5 cm³/mol. The highest BCUT2D eigenvalue weighted by Gasteiger charge is 2.19. The van der Waals surface area contributed by atoms with E-state index in [2.05, 4.69) is 22.8 Å². The van der Waals surface area contributed by atoms with Gasteiger partial charge >= 0.3 is 0 Å². The summed E-state index contributed by atoms with van der Waals surface area (Å²) < 4.78 is 2.51. The third-order valence-electron chi connectivity index (χ3n) is 3.09. The Morgan fingerprint density at radius 2 is 2.32 bits per heavy atom. The van der Waals surface area contributed by atoms with Crippen molar-refractivity contribution < 1.29 is 0 Å². The van der Waals surface area contributed by atoms with Crippen LogP contribution in [0.4, 0.5) is 5.69 Å². The number of nitrogens with two attached hydrogens (primary N) is 1. The summed E-state index contributed by atoms with van der Waals surface area (Å²) in [5.41, 5.74) is 8.85. The molecule has 1 aromatic heterocycles. The molecule has 0 aliphatic rings. The minimum Gasteiger partial charge on any atom is -0.399 e. The van der Waals surface area contributed by atoms with Crippen LogP contribution in [0.5, 0.6) is 0 Å². The number of aromatic amines is 1. The maximum atomic E-state index is 5.87. The summed E-state index contributed by atoms with van der Waals surface area (Å²) in [5.74, 6) is 1.01. The van der Waals surface area contributed by atoms with E-state index in [1.165, 1.54) is 0 Å². The van der Waals surface area contributed by atoms with E-state index >= 15 is 0 Å². The summed E-state index contributed by atoms with van der Waals surface area (Å²) in [6, 6.07) is 7.87. The average Bonchev–Trinajstić information content (AvgIpc) is 2.67. The average molecular weight is 274 g/mol. The Balaban J connectivity index is 2.50. The molecule has 5 heteroatoms. The zero-order valence-electron chi connectivity index (χ0n) is 11.2. The van der Waals surface area contributed by atoms with E-state index in [0.717, 1.165) is 29.1 Å². The van der Waals surface area contributed by atoms with Crippen molar-refractivity contribution in [2.75, 3.05) is 5.73 Å². The molecule has 3 N–H and O–H groups in total. The van der Waals surface area contributed by atoms with Gasteiger partial charge in [-0.2, -0.15) is 5.10 Å². The van der Waals surface area contributed by atoms with Gasteiger partial charge in [0, 0.05) is 18.7 Å². The first-order valence-electron chi connectivity index (χ1n) is 6.10. The molecule has 2 rings (SSSR count). The van der Waals surface area contributed by atoms with Crippen molar-refractivity contribution >= 4 is 17.9 Å². The monoisotopic (exact) mass is 274 g/mol. The maximum absolute atomic E-state index is 5.87. The molecule has 0 radical (unpaired) electrons. The topological polar surface area (TPSA) is 59.6 Å². The molecule has 19 heavy (non-hydrogen) atoms. The molecule has 0 bridgehead atoms. The van der Waals surface area contributed by atoms with Crippen molar-refractivity contribution in [3.05, 3.63) is 52.6 Å². The molecule has 0 aliphatic carbocycles. The summed E-state index contributed by atoms with van der Waals surface area (Å²) in [6.07, 6.45) is 0.816. The van der Waals surface area contributed by atoms with Gasteiger partial charge in [-0.05, 0) is 43.3 Å². The second-order valence-corrected chi connectivity index (χ2v) is 5.22. The van der Waals surface area contributed by atoms with Crippen LogP contribution in [0.1, 0.15) is 30.7 Å². The van der Waals surface area contributed by atoms with Gasteiger partial charge in [0.25, 0.3) is 0 Å². The van der Waals surface area contributed by atoms with Gasteiger partial charge in [0.1, 0.15) is 5.82 Å². The van der Waals surface area contributed by atoms with Crippen LogP contribution in [0, 0.1) is 4.77 Å². The highest BCUT2D eigenvalue weighted by molar-refractivity contribution is 7.71. The lowest BCUT2D eigenvalue weighted by atomic mass is 9.91. The fraction of sp³-hybridized carbons (Fsp3) is 0.286. The van der Waals surface area contributed by atoms with Gasteiger partial charge in [0.05, 0.1) is 0 Å². The van der Waals surface area contributed by atoms with Gasteiger partial charge < -0.3 is 10.3 Å². The highest BCUT2D eigenvalue weighted by Crippen LogP contribution is 2.29. The van der Waals surface area contributed by atoms with Crippen LogP contribution in [0.15, 0.2) is 36.4 Å². The van der Waals surface area contributed by atoms with Crippen molar-refractivity contribution in [1.82, 2.24) is 14.8 Å². The number of hydrogen-bond acceptors (Lipinski definition) is 3. The normalized spacial score (nSPS) is 12.3. The smallest absolute Gasteiger partial charge is 0.194 e. The number of nitrogens with zero attached hydrogens (tertiary/aromatic N) is 2. The van der Waals surface area contributed by atoms with Crippen LogP contribution in [-0.4, -0.2) is 14.8 Å². The Kier molecular flexibility index (Phi) is 3.85. The van der Waals surface area contributed by atoms with E-state index in [1.54, 1.807) is 0 Å². The SMILES string of the molecule is C=C(C)CC(c1cccc(N)c1)c1n[nH]c(=S)n1C. The molecule has 4 nitrogen and oxygen atoms in total. The first kappa shape index (κ1) is 13.5. The van der Waals surface area contributed by atoms with Crippen LogP contribution in [0.2, 0.25) is 0 Å². The third kappa shape index (κ3) is 2.93. The molecule has 1 unspecified atom stereocenters. The first-order chi connectivity index (χ1) is 8.99. The van der Waals surface area contributed by atoms with Crippen molar-refractivity contribution in [2.45, 2.75) is 19.3 Å². The maximum Gasteiger partial charge on any atom is 0.194 e. The first-order valence-corrected chi connectivity index (χ1v) is 6.51. The number of aromatic nitrogens is 3. The molecule has 0 saturated heterocycles. The highest BCUT2D eigenvalue weighted by atomic mass is 32.1. The second-order valence-electron chi connectivity index (χ2n) is 4.83. The largest absolute Gasteiger partial charge is 0.399 e. The zero-order valence-corrected chi connectivity index (χ0v) is 12.0. The lowest BCUT2D eigenvalue weighted by Gasteiger charge is -2.17. The summed E-state index contributed by atoms with van der Waals surface area (Å²) in [7, 11) is 1.92. The van der Waals surface area contributed by atoms with E-state index < -0.39 is 0 Å². The fourth-order valence-electron chi connectivity index (χ4n) is 2.15. The van der Waals surface area contributed by atoms with Crippen LogP contribution in [0.3, 0.4) is 0 Å². The van der Waals surface area contributed by atoms with Crippen molar-refractivity contribution in [3.8, 4) is 0 Å². The summed E-state index contributed by atoms with van der Waals surface area (Å²) in [5, 5.41) is 7.17. The lowest BCUT2D eigenvalue weighted by Crippen LogP contribution is -2.09. The molecule has 0 spiro atoms. The molecule has 0 fully saturated rings. The van der Waals surface area contributed by atoms with E-state index in [9.17, 15) is 0 Å². The minimum atomic E-state index is 0.110. The summed E-state index contributed by atoms with van der Waals surface area (Å²) >= 11 is 5.18. The Morgan fingerprint density at radius 1 is 1.58 bits per heavy atom. The Labute approximate surface area is 118 Å². The van der Waals surface area contributed by atoms with Crippen LogP contribution in [-0.2, 0) is 7.05 Å². The standard InChI is InChI=1S/C14H18N4S/c1-9(2)7-12(10-5-4-6-11(15)8-10)13-16-17-14(19)18(13)3/h4-6,8,12H,1,7,15H2,2-3H3,(H,17,19). The van der Waals surface area contributed by atoms with Crippen molar-refractivity contribution in [3.63, 3.8) is 0 Å². The van der Waals surface area contributed by atoms with Gasteiger partial charge in [-0.25, -0.2) is 0 Å². The van der Waals surface area contributed by atoms with Gasteiger partial charge in [0.15, 0.2) is 4.77 Å². The number of allylic oxidation sites excluding steroid dienone is 1. The number of benzene rings is 1.